The predicted molar refractivity (Wildman–Crippen MR) is 126 cm³/mol. The van der Waals surface area contributed by atoms with Gasteiger partial charge in [0, 0.05) is 37.3 Å². The quantitative estimate of drug-likeness (QED) is 0.649. The van der Waals surface area contributed by atoms with Gasteiger partial charge in [-0.3, -0.25) is 9.59 Å². The number of piperazine rings is 1. The van der Waals surface area contributed by atoms with E-state index in [9.17, 15) is 9.59 Å². The Hall–Kier alpha value is -3.94. The first-order valence-electron chi connectivity index (χ1n) is 11.2. The van der Waals surface area contributed by atoms with E-state index in [-0.39, 0.29) is 37.5 Å². The van der Waals surface area contributed by atoms with Crippen LogP contribution in [0.4, 0.5) is 0 Å². The molecular formula is C26H26N2O6. The number of carbonyl (C=O) groups excluding carboxylic acids is 2. The Balaban J connectivity index is 1.20. The normalized spacial score (nSPS) is 21.0. The molecule has 0 bridgehead atoms. The highest BCUT2D eigenvalue weighted by molar-refractivity contribution is 5.94. The molecule has 2 atom stereocenters. The number of rotatable bonds is 4. The van der Waals surface area contributed by atoms with E-state index in [0.29, 0.717) is 36.1 Å². The lowest BCUT2D eigenvalue weighted by Crippen LogP contribution is -2.59. The van der Waals surface area contributed by atoms with Crippen molar-refractivity contribution in [1.29, 1.82) is 0 Å². The summed E-state index contributed by atoms with van der Waals surface area (Å²) < 4.78 is 21.4. The number of ether oxygens (including phenoxy) is 4. The Morgan fingerprint density at radius 1 is 0.706 bits per heavy atom. The zero-order chi connectivity index (χ0) is 23.7. The Kier molecular flexibility index (Phi) is 5.88. The van der Waals surface area contributed by atoms with Crippen molar-refractivity contribution in [3.05, 3.63) is 59.7 Å². The molecule has 2 aromatic rings. The second kappa shape index (κ2) is 9.13. The molecule has 0 radical (unpaired) electrons. The lowest BCUT2D eigenvalue weighted by Gasteiger charge is -2.43. The summed E-state index contributed by atoms with van der Waals surface area (Å²) >= 11 is 0. The molecule has 0 aliphatic carbocycles. The lowest BCUT2D eigenvalue weighted by atomic mass is 10.1. The van der Waals surface area contributed by atoms with Gasteiger partial charge in [0.2, 0.25) is 25.4 Å². The molecule has 176 valence electrons. The minimum absolute atomic E-state index is 0.0833. The third-order valence-electron chi connectivity index (χ3n) is 6.18. The molecule has 3 aliphatic rings. The van der Waals surface area contributed by atoms with Crippen LogP contribution < -0.4 is 18.9 Å². The molecule has 2 aromatic carbocycles. The average molecular weight is 463 g/mol. The third kappa shape index (κ3) is 4.44. The molecule has 2 amide bonds. The topological polar surface area (TPSA) is 77.5 Å². The van der Waals surface area contributed by atoms with Crippen LogP contribution in [0.5, 0.6) is 23.0 Å². The number of fused-ring (bicyclic) bond motifs is 2. The first-order valence-corrected chi connectivity index (χ1v) is 11.2. The van der Waals surface area contributed by atoms with Crippen LogP contribution in [0.25, 0.3) is 12.2 Å². The van der Waals surface area contributed by atoms with E-state index in [1.54, 1.807) is 34.1 Å². The molecule has 8 nitrogen and oxygen atoms in total. The zero-order valence-electron chi connectivity index (χ0n) is 19.1. The van der Waals surface area contributed by atoms with Gasteiger partial charge in [-0.05, 0) is 61.4 Å². The van der Waals surface area contributed by atoms with E-state index in [1.807, 2.05) is 50.2 Å². The monoisotopic (exact) mass is 462 g/mol. The van der Waals surface area contributed by atoms with Gasteiger partial charge in [-0.15, -0.1) is 0 Å². The molecule has 1 saturated heterocycles. The molecule has 0 saturated carbocycles. The van der Waals surface area contributed by atoms with E-state index < -0.39 is 0 Å². The minimum atomic E-state index is -0.104. The van der Waals surface area contributed by atoms with Gasteiger partial charge in [-0.2, -0.15) is 0 Å². The highest BCUT2D eigenvalue weighted by atomic mass is 16.7. The van der Waals surface area contributed by atoms with E-state index in [4.69, 9.17) is 18.9 Å². The summed E-state index contributed by atoms with van der Waals surface area (Å²) in [6, 6.07) is 10.9. The molecule has 8 heteroatoms. The van der Waals surface area contributed by atoms with Crippen LogP contribution in [-0.4, -0.2) is 60.4 Å². The van der Waals surface area contributed by atoms with Crippen LogP contribution in [0.1, 0.15) is 25.0 Å². The van der Waals surface area contributed by atoms with Crippen molar-refractivity contribution in [3.8, 4) is 23.0 Å². The molecule has 1 fully saturated rings. The van der Waals surface area contributed by atoms with E-state index in [1.165, 1.54) is 0 Å². The summed E-state index contributed by atoms with van der Waals surface area (Å²) in [5.74, 6) is 2.61. The fourth-order valence-corrected chi connectivity index (χ4v) is 4.30. The molecule has 0 N–H and O–H groups in total. The van der Waals surface area contributed by atoms with Gasteiger partial charge in [0.05, 0.1) is 0 Å². The van der Waals surface area contributed by atoms with Crippen molar-refractivity contribution in [2.24, 2.45) is 0 Å². The maximum absolute atomic E-state index is 12.9. The van der Waals surface area contributed by atoms with Crippen LogP contribution in [0.3, 0.4) is 0 Å². The van der Waals surface area contributed by atoms with Crippen LogP contribution >= 0.6 is 0 Å². The number of amides is 2. The second-order valence-electron chi connectivity index (χ2n) is 8.57. The molecule has 5 rings (SSSR count). The number of carbonyl (C=O) groups is 2. The van der Waals surface area contributed by atoms with Gasteiger partial charge in [-0.25, -0.2) is 0 Å². The molecular weight excluding hydrogens is 436 g/mol. The summed E-state index contributed by atoms with van der Waals surface area (Å²) in [4.78, 5) is 29.4. The number of nitrogens with zero attached hydrogens (tertiary/aromatic N) is 2. The fourth-order valence-electron chi connectivity index (χ4n) is 4.30. The highest BCUT2D eigenvalue weighted by Gasteiger charge is 2.32. The summed E-state index contributed by atoms with van der Waals surface area (Å²) in [7, 11) is 0. The van der Waals surface area contributed by atoms with Gasteiger partial charge in [0.1, 0.15) is 0 Å². The van der Waals surface area contributed by atoms with E-state index in [2.05, 4.69) is 0 Å². The Morgan fingerprint density at radius 3 is 1.56 bits per heavy atom. The number of hydrogen-bond acceptors (Lipinski definition) is 6. The van der Waals surface area contributed by atoms with Crippen molar-refractivity contribution in [2.45, 2.75) is 25.9 Å². The largest absolute Gasteiger partial charge is 0.454 e. The van der Waals surface area contributed by atoms with E-state index in [0.717, 1.165) is 11.1 Å². The first kappa shape index (κ1) is 21.9. The third-order valence-corrected chi connectivity index (χ3v) is 6.18. The molecule has 3 heterocycles. The predicted octanol–water partition coefficient (Wildman–Crippen LogP) is 3.32. The summed E-state index contributed by atoms with van der Waals surface area (Å²) in [6.45, 7) is 5.28. The van der Waals surface area contributed by atoms with Crippen LogP contribution in [0.15, 0.2) is 48.6 Å². The first-order chi connectivity index (χ1) is 16.5. The van der Waals surface area contributed by atoms with Crippen LogP contribution in [0, 0.1) is 0 Å². The number of benzene rings is 2. The van der Waals surface area contributed by atoms with Gasteiger partial charge in [-0.1, -0.05) is 12.1 Å². The van der Waals surface area contributed by atoms with Gasteiger partial charge in [0.15, 0.2) is 23.0 Å². The van der Waals surface area contributed by atoms with Crippen molar-refractivity contribution in [3.63, 3.8) is 0 Å². The summed E-state index contributed by atoms with van der Waals surface area (Å²) in [5, 5.41) is 0. The van der Waals surface area contributed by atoms with Crippen molar-refractivity contribution in [1.82, 2.24) is 9.80 Å². The smallest absolute Gasteiger partial charge is 0.246 e. The molecule has 34 heavy (non-hydrogen) atoms. The van der Waals surface area contributed by atoms with Crippen molar-refractivity contribution >= 4 is 24.0 Å². The molecule has 3 aliphatic heterocycles. The minimum Gasteiger partial charge on any atom is -0.454 e. The fraction of sp³-hybridized carbons (Fsp3) is 0.308. The Labute approximate surface area is 197 Å². The van der Waals surface area contributed by atoms with Crippen molar-refractivity contribution in [2.75, 3.05) is 26.7 Å². The maximum Gasteiger partial charge on any atom is 0.246 e. The van der Waals surface area contributed by atoms with Crippen LogP contribution in [-0.2, 0) is 9.59 Å². The standard InChI is InChI=1S/C26H26N2O6/c1-17-13-28(26(30)10-6-20-4-8-22-24(12-20)34-16-32-22)18(2)14-27(17)25(29)9-5-19-3-7-21-23(11-19)33-15-31-21/h3-12,17-18H,13-16H2,1-2H3/b9-5+,10-6+. The van der Waals surface area contributed by atoms with E-state index >= 15 is 0 Å². The van der Waals surface area contributed by atoms with Crippen LogP contribution in [0.2, 0.25) is 0 Å². The summed E-state index contributed by atoms with van der Waals surface area (Å²) in [5.41, 5.74) is 1.72. The average Bonchev–Trinajstić information content (AvgIpc) is 3.50. The van der Waals surface area contributed by atoms with Gasteiger partial charge < -0.3 is 28.7 Å². The van der Waals surface area contributed by atoms with Gasteiger partial charge >= 0.3 is 0 Å². The second-order valence-corrected chi connectivity index (χ2v) is 8.57. The van der Waals surface area contributed by atoms with Crippen molar-refractivity contribution < 1.29 is 28.5 Å². The Morgan fingerprint density at radius 2 is 1.12 bits per heavy atom. The lowest BCUT2D eigenvalue weighted by molar-refractivity contribution is -0.139. The summed E-state index contributed by atoms with van der Waals surface area (Å²) in [6.07, 6.45) is 6.68. The maximum atomic E-state index is 12.9. The molecule has 2 unspecified atom stereocenters. The Bertz CT molecular complexity index is 1080. The highest BCUT2D eigenvalue weighted by Crippen LogP contribution is 2.33. The number of hydrogen-bond donors (Lipinski definition) is 0. The van der Waals surface area contributed by atoms with Gasteiger partial charge in [0.25, 0.3) is 0 Å². The molecule has 0 aromatic heterocycles. The SMILES string of the molecule is CC1CN(C(=O)/C=C/c2ccc3c(c2)OCO3)C(C)CN1C(=O)/C=C/c1ccc2c(c1)OCO2. The zero-order valence-corrected chi connectivity index (χ0v) is 19.1. The molecule has 0 spiro atoms.